The van der Waals surface area contributed by atoms with Gasteiger partial charge in [0.05, 0.1) is 11.6 Å². The molecule has 1 rings (SSSR count). The van der Waals surface area contributed by atoms with Crippen molar-refractivity contribution in [1.29, 1.82) is 5.26 Å². The number of nitriles is 1. The summed E-state index contributed by atoms with van der Waals surface area (Å²) in [7, 11) is 0. The van der Waals surface area contributed by atoms with Crippen molar-refractivity contribution in [1.82, 2.24) is 5.32 Å². The summed E-state index contributed by atoms with van der Waals surface area (Å²) in [6.45, 7) is 2.80. The number of rotatable bonds is 5. The Morgan fingerprint density at radius 2 is 2.24 bits per heavy atom. The van der Waals surface area contributed by atoms with Crippen molar-refractivity contribution in [3.63, 3.8) is 0 Å². The maximum Gasteiger partial charge on any atom is 0.319 e. The van der Waals surface area contributed by atoms with Crippen molar-refractivity contribution in [2.24, 2.45) is 0 Å². The number of unbranched alkanes of at least 4 members (excludes halogenated alkanes) is 2. The van der Waals surface area contributed by atoms with E-state index in [-0.39, 0.29) is 6.03 Å². The fraction of sp³-hybridized carbons (Fsp3) is 0.385. The SMILES string of the molecule is CCCCCNC(=O)Nc1cccc(C#N)c1. The van der Waals surface area contributed by atoms with Gasteiger partial charge in [0.2, 0.25) is 0 Å². The fourth-order valence-corrected chi connectivity index (χ4v) is 1.42. The van der Waals surface area contributed by atoms with Gasteiger partial charge in [-0.3, -0.25) is 0 Å². The van der Waals surface area contributed by atoms with E-state index in [1.807, 2.05) is 6.07 Å². The molecule has 0 atom stereocenters. The first kappa shape index (κ1) is 13.0. The Morgan fingerprint density at radius 3 is 2.94 bits per heavy atom. The van der Waals surface area contributed by atoms with E-state index < -0.39 is 0 Å². The summed E-state index contributed by atoms with van der Waals surface area (Å²) < 4.78 is 0. The molecule has 0 aliphatic rings. The number of benzene rings is 1. The highest BCUT2D eigenvalue weighted by Crippen LogP contribution is 2.09. The first-order chi connectivity index (χ1) is 8.26. The molecule has 90 valence electrons. The second-order valence-electron chi connectivity index (χ2n) is 3.78. The van der Waals surface area contributed by atoms with Gasteiger partial charge in [-0.05, 0) is 24.6 Å². The molecule has 0 saturated carbocycles. The van der Waals surface area contributed by atoms with E-state index in [1.54, 1.807) is 24.3 Å². The summed E-state index contributed by atoms with van der Waals surface area (Å²) >= 11 is 0. The minimum absolute atomic E-state index is 0.226. The van der Waals surface area contributed by atoms with Crippen molar-refractivity contribution < 1.29 is 4.79 Å². The molecule has 4 nitrogen and oxygen atoms in total. The number of nitrogens with one attached hydrogen (secondary N) is 2. The molecule has 0 spiro atoms. The molecule has 0 heterocycles. The third-order valence-electron chi connectivity index (χ3n) is 2.32. The Labute approximate surface area is 102 Å². The van der Waals surface area contributed by atoms with Gasteiger partial charge in [0.1, 0.15) is 0 Å². The Kier molecular flexibility index (Phi) is 5.59. The molecule has 0 fully saturated rings. The normalized spacial score (nSPS) is 9.41. The number of anilines is 1. The average molecular weight is 231 g/mol. The molecule has 0 radical (unpaired) electrons. The zero-order valence-electron chi connectivity index (χ0n) is 9.99. The summed E-state index contributed by atoms with van der Waals surface area (Å²) in [4.78, 5) is 11.5. The summed E-state index contributed by atoms with van der Waals surface area (Å²) in [6.07, 6.45) is 3.24. The van der Waals surface area contributed by atoms with Gasteiger partial charge in [0, 0.05) is 12.2 Å². The van der Waals surface area contributed by atoms with Gasteiger partial charge in [-0.1, -0.05) is 25.8 Å². The lowest BCUT2D eigenvalue weighted by molar-refractivity contribution is 0.252. The topological polar surface area (TPSA) is 64.9 Å². The van der Waals surface area contributed by atoms with Crippen LogP contribution in [0.2, 0.25) is 0 Å². The van der Waals surface area contributed by atoms with Crippen LogP contribution in [0.3, 0.4) is 0 Å². The van der Waals surface area contributed by atoms with Gasteiger partial charge >= 0.3 is 6.03 Å². The van der Waals surface area contributed by atoms with Crippen molar-refractivity contribution in [2.75, 3.05) is 11.9 Å². The van der Waals surface area contributed by atoms with Crippen LogP contribution in [0.1, 0.15) is 31.7 Å². The van der Waals surface area contributed by atoms with Crippen LogP contribution in [0.15, 0.2) is 24.3 Å². The van der Waals surface area contributed by atoms with E-state index in [0.717, 1.165) is 19.3 Å². The molecular formula is C13H17N3O. The monoisotopic (exact) mass is 231 g/mol. The lowest BCUT2D eigenvalue weighted by Crippen LogP contribution is -2.29. The molecule has 2 amide bonds. The third kappa shape index (κ3) is 5.03. The molecular weight excluding hydrogens is 214 g/mol. The van der Waals surface area contributed by atoms with E-state index in [0.29, 0.717) is 17.8 Å². The van der Waals surface area contributed by atoms with Crippen LogP contribution in [0.4, 0.5) is 10.5 Å². The summed E-state index contributed by atoms with van der Waals surface area (Å²) in [5.41, 5.74) is 1.17. The molecule has 0 unspecified atom stereocenters. The van der Waals surface area contributed by atoms with Crippen LogP contribution in [-0.2, 0) is 0 Å². The van der Waals surface area contributed by atoms with Crippen molar-refractivity contribution in [3.05, 3.63) is 29.8 Å². The smallest absolute Gasteiger partial charge is 0.319 e. The van der Waals surface area contributed by atoms with Gasteiger partial charge < -0.3 is 10.6 Å². The predicted octanol–water partition coefficient (Wildman–Crippen LogP) is 2.87. The van der Waals surface area contributed by atoms with Crippen LogP contribution >= 0.6 is 0 Å². The second kappa shape index (κ2) is 7.29. The lowest BCUT2D eigenvalue weighted by Gasteiger charge is -2.07. The highest BCUT2D eigenvalue weighted by molar-refractivity contribution is 5.89. The summed E-state index contributed by atoms with van der Waals surface area (Å²) in [5, 5.41) is 14.2. The Morgan fingerprint density at radius 1 is 1.41 bits per heavy atom. The standard InChI is InChI=1S/C13H17N3O/c1-2-3-4-8-15-13(17)16-12-7-5-6-11(9-12)10-14/h5-7,9H,2-4,8H2,1H3,(H2,15,16,17). The molecule has 17 heavy (non-hydrogen) atoms. The molecule has 2 N–H and O–H groups in total. The molecule has 1 aromatic carbocycles. The Hall–Kier alpha value is -2.02. The third-order valence-corrected chi connectivity index (χ3v) is 2.32. The summed E-state index contributed by atoms with van der Waals surface area (Å²) in [6, 6.07) is 8.64. The van der Waals surface area contributed by atoms with Crippen LogP contribution in [0, 0.1) is 11.3 Å². The first-order valence-corrected chi connectivity index (χ1v) is 5.81. The van der Waals surface area contributed by atoms with Crippen LogP contribution < -0.4 is 10.6 Å². The highest BCUT2D eigenvalue weighted by Gasteiger charge is 2.01. The molecule has 0 aromatic heterocycles. The number of hydrogen-bond donors (Lipinski definition) is 2. The largest absolute Gasteiger partial charge is 0.338 e. The van der Waals surface area contributed by atoms with Crippen molar-refractivity contribution >= 4 is 11.7 Å². The van der Waals surface area contributed by atoms with Crippen molar-refractivity contribution in [3.8, 4) is 6.07 Å². The average Bonchev–Trinajstić information content (AvgIpc) is 2.35. The summed E-state index contributed by atoms with van der Waals surface area (Å²) in [5.74, 6) is 0. The Balaban J connectivity index is 2.37. The number of hydrogen-bond acceptors (Lipinski definition) is 2. The number of carbonyl (C=O) groups excluding carboxylic acids is 1. The zero-order valence-corrected chi connectivity index (χ0v) is 9.99. The van der Waals surface area contributed by atoms with Gasteiger partial charge in [-0.2, -0.15) is 5.26 Å². The van der Waals surface area contributed by atoms with Gasteiger partial charge in [-0.25, -0.2) is 4.79 Å². The van der Waals surface area contributed by atoms with Gasteiger partial charge in [0.15, 0.2) is 0 Å². The number of amides is 2. The first-order valence-electron chi connectivity index (χ1n) is 5.81. The lowest BCUT2D eigenvalue weighted by atomic mass is 10.2. The minimum Gasteiger partial charge on any atom is -0.338 e. The van der Waals surface area contributed by atoms with Gasteiger partial charge in [0.25, 0.3) is 0 Å². The molecule has 0 bridgehead atoms. The van der Waals surface area contributed by atoms with Gasteiger partial charge in [-0.15, -0.1) is 0 Å². The van der Waals surface area contributed by atoms with E-state index in [4.69, 9.17) is 5.26 Å². The molecule has 1 aromatic rings. The number of nitrogens with zero attached hydrogens (tertiary/aromatic N) is 1. The minimum atomic E-state index is -0.226. The van der Waals surface area contributed by atoms with E-state index in [2.05, 4.69) is 17.6 Å². The van der Waals surface area contributed by atoms with E-state index >= 15 is 0 Å². The fourth-order valence-electron chi connectivity index (χ4n) is 1.42. The van der Waals surface area contributed by atoms with Crippen LogP contribution in [0.5, 0.6) is 0 Å². The van der Waals surface area contributed by atoms with Crippen molar-refractivity contribution in [2.45, 2.75) is 26.2 Å². The Bertz CT molecular complexity index is 409. The van der Waals surface area contributed by atoms with Crippen LogP contribution in [0.25, 0.3) is 0 Å². The molecule has 0 saturated heterocycles. The quantitative estimate of drug-likeness (QED) is 0.765. The molecule has 0 aliphatic carbocycles. The maximum absolute atomic E-state index is 11.5. The number of urea groups is 1. The van der Waals surface area contributed by atoms with E-state index in [1.165, 1.54) is 0 Å². The number of carbonyl (C=O) groups is 1. The second-order valence-corrected chi connectivity index (χ2v) is 3.78. The molecule has 0 aliphatic heterocycles. The predicted molar refractivity (Wildman–Crippen MR) is 67.7 cm³/mol. The van der Waals surface area contributed by atoms with Crippen LogP contribution in [-0.4, -0.2) is 12.6 Å². The zero-order chi connectivity index (χ0) is 12.5. The molecule has 4 heteroatoms. The highest BCUT2D eigenvalue weighted by atomic mass is 16.2. The van der Waals surface area contributed by atoms with E-state index in [9.17, 15) is 4.79 Å². The maximum atomic E-state index is 11.5.